The van der Waals surface area contributed by atoms with E-state index in [-0.39, 0.29) is 17.6 Å². The molecule has 2 aliphatic rings. The topological polar surface area (TPSA) is 117 Å². The summed E-state index contributed by atoms with van der Waals surface area (Å²) in [6.07, 6.45) is 2.54. The van der Waals surface area contributed by atoms with Gasteiger partial charge in [-0.15, -0.1) is 0 Å². The zero-order chi connectivity index (χ0) is 28.6. The van der Waals surface area contributed by atoms with Gasteiger partial charge in [-0.1, -0.05) is 90.5 Å². The van der Waals surface area contributed by atoms with Crippen molar-refractivity contribution >= 4 is 35.3 Å². The van der Waals surface area contributed by atoms with Crippen LogP contribution >= 0.6 is 0 Å². The van der Waals surface area contributed by atoms with Crippen LogP contribution in [-0.4, -0.2) is 33.8 Å². The predicted molar refractivity (Wildman–Crippen MR) is 159 cm³/mol. The molecule has 0 radical (unpaired) electrons. The summed E-state index contributed by atoms with van der Waals surface area (Å²) >= 11 is 0. The highest BCUT2D eigenvalue weighted by Crippen LogP contribution is 2.47. The van der Waals surface area contributed by atoms with E-state index in [1.165, 1.54) is 6.07 Å². The summed E-state index contributed by atoms with van der Waals surface area (Å²) in [5.41, 5.74) is 8.38. The molecule has 1 fully saturated rings. The molecule has 0 bridgehead atoms. The zero-order valence-corrected chi connectivity index (χ0v) is 22.2. The summed E-state index contributed by atoms with van der Waals surface area (Å²) in [7, 11) is 0. The lowest BCUT2D eigenvalue weighted by atomic mass is 9.80. The van der Waals surface area contributed by atoms with Gasteiger partial charge in [-0.05, 0) is 48.4 Å². The summed E-state index contributed by atoms with van der Waals surface area (Å²) < 4.78 is 0. The number of fused-ring (bicyclic) bond motifs is 1. The van der Waals surface area contributed by atoms with Crippen molar-refractivity contribution in [2.75, 3.05) is 4.90 Å². The number of rotatable bonds is 6. The van der Waals surface area contributed by atoms with Crippen molar-refractivity contribution in [3.05, 3.63) is 148 Å². The number of hydrogen-bond donors (Lipinski definition) is 1. The highest BCUT2D eigenvalue weighted by Gasteiger charge is 2.61. The third kappa shape index (κ3) is 4.24. The van der Waals surface area contributed by atoms with Gasteiger partial charge in [-0.25, -0.2) is 9.89 Å². The lowest BCUT2D eigenvalue weighted by Gasteiger charge is -2.40. The number of guanidine groups is 2. The van der Waals surface area contributed by atoms with Gasteiger partial charge in [0.25, 0.3) is 11.6 Å². The summed E-state index contributed by atoms with van der Waals surface area (Å²) in [6.45, 7) is 1.98. The second-order valence-corrected chi connectivity index (χ2v) is 9.78. The van der Waals surface area contributed by atoms with Crippen LogP contribution in [0.3, 0.4) is 0 Å². The van der Waals surface area contributed by atoms with E-state index in [0.717, 1.165) is 16.7 Å². The van der Waals surface area contributed by atoms with Crippen LogP contribution in [0.25, 0.3) is 6.08 Å². The number of aliphatic imine (C=N–C) groups is 2. The number of hydrogen-bond acceptors (Lipinski definition) is 7. The van der Waals surface area contributed by atoms with E-state index >= 15 is 0 Å². The van der Waals surface area contributed by atoms with E-state index in [0.29, 0.717) is 17.2 Å². The lowest BCUT2D eigenvalue weighted by molar-refractivity contribution is -0.385. The Morgan fingerprint density at radius 3 is 2.07 bits per heavy atom. The lowest BCUT2D eigenvalue weighted by Crippen LogP contribution is -2.53. The smallest absolute Gasteiger partial charge is 0.276 e. The first-order valence-electron chi connectivity index (χ1n) is 13.1. The Morgan fingerprint density at radius 1 is 0.878 bits per heavy atom. The average molecular weight is 543 g/mol. The molecular formula is C32H26N6O3. The molecule has 0 aliphatic carbocycles. The highest BCUT2D eigenvalue weighted by atomic mass is 16.6. The van der Waals surface area contributed by atoms with Crippen LogP contribution < -0.4 is 10.6 Å². The second-order valence-electron chi connectivity index (χ2n) is 9.78. The van der Waals surface area contributed by atoms with Gasteiger partial charge in [-0.3, -0.25) is 19.8 Å². The van der Waals surface area contributed by atoms with Gasteiger partial charge in [-0.2, -0.15) is 4.99 Å². The number of amides is 1. The maximum Gasteiger partial charge on any atom is 0.276 e. The molecule has 2 aliphatic heterocycles. The number of carbonyl (C=O) groups excluding carboxylic acids is 1. The fourth-order valence-corrected chi connectivity index (χ4v) is 5.45. The van der Waals surface area contributed by atoms with Crippen LogP contribution in [0.5, 0.6) is 0 Å². The molecule has 0 aromatic heterocycles. The third-order valence-electron chi connectivity index (χ3n) is 7.29. The number of carbonyl (C=O) groups is 1. The number of nitrogens with zero attached hydrogens (tertiary/aromatic N) is 5. The highest BCUT2D eigenvalue weighted by molar-refractivity contribution is 6.28. The van der Waals surface area contributed by atoms with Crippen LogP contribution in [0, 0.1) is 17.0 Å². The Kier molecular flexibility index (Phi) is 6.39. The van der Waals surface area contributed by atoms with Crippen LogP contribution in [0.15, 0.2) is 125 Å². The fourth-order valence-electron chi connectivity index (χ4n) is 5.45. The minimum absolute atomic E-state index is 0.00436. The number of anilines is 1. The number of nitro benzene ring substituents is 1. The van der Waals surface area contributed by atoms with Gasteiger partial charge in [0, 0.05) is 6.07 Å². The average Bonchev–Trinajstić information content (AvgIpc) is 3.25. The minimum Gasteiger partial charge on any atom is -0.368 e. The van der Waals surface area contributed by atoms with Crippen LogP contribution in [0.4, 0.5) is 11.4 Å². The Morgan fingerprint density at radius 2 is 1.46 bits per heavy atom. The number of nitrogens with two attached hydrogens (primary N) is 1. The normalized spacial score (nSPS) is 17.8. The molecular weight excluding hydrogens is 516 g/mol. The molecule has 0 spiro atoms. The Bertz CT molecular complexity index is 1680. The third-order valence-corrected chi connectivity index (χ3v) is 7.29. The minimum atomic E-state index is -1.37. The van der Waals surface area contributed by atoms with Gasteiger partial charge in [0.1, 0.15) is 6.17 Å². The van der Waals surface area contributed by atoms with Gasteiger partial charge in [0.2, 0.25) is 11.9 Å². The molecule has 2 N–H and O–H groups in total. The molecule has 4 aromatic rings. The first-order valence-corrected chi connectivity index (χ1v) is 13.1. The van der Waals surface area contributed by atoms with Crippen LogP contribution in [-0.2, 0) is 10.3 Å². The van der Waals surface area contributed by atoms with Crippen LogP contribution in [0.2, 0.25) is 0 Å². The van der Waals surface area contributed by atoms with Crippen molar-refractivity contribution in [3.8, 4) is 0 Å². The predicted octanol–water partition coefficient (Wildman–Crippen LogP) is 5.22. The Balaban J connectivity index is 1.61. The molecule has 1 saturated heterocycles. The molecule has 1 atom stereocenters. The number of nitro groups is 1. The SMILES string of the molecule is Cc1ccc(N2C(=O)C(c3ccccc3)(c3ccccc3)N3C2=NC(N)=NC3/C=C/c2ccccc2[N+](=O)[O-])cc1. The van der Waals surface area contributed by atoms with Crippen molar-refractivity contribution in [1.29, 1.82) is 0 Å². The van der Waals surface area contributed by atoms with E-state index in [1.807, 2.05) is 96.8 Å². The van der Waals surface area contributed by atoms with Crippen LogP contribution in [0.1, 0.15) is 22.3 Å². The van der Waals surface area contributed by atoms with E-state index in [2.05, 4.69) is 9.98 Å². The maximum atomic E-state index is 14.9. The monoisotopic (exact) mass is 542 g/mol. The van der Waals surface area contributed by atoms with Gasteiger partial charge >= 0.3 is 0 Å². The molecule has 9 nitrogen and oxygen atoms in total. The summed E-state index contributed by atoms with van der Waals surface area (Å²) in [5, 5.41) is 11.7. The molecule has 6 rings (SSSR count). The summed E-state index contributed by atoms with van der Waals surface area (Å²) in [5.74, 6) is 0.0676. The molecule has 4 aromatic carbocycles. The first-order chi connectivity index (χ1) is 19.9. The van der Waals surface area contributed by atoms with Gasteiger partial charge in [0.15, 0.2) is 5.54 Å². The summed E-state index contributed by atoms with van der Waals surface area (Å²) in [4.78, 5) is 38.9. The number of aryl methyl sites for hydroxylation is 1. The Hall–Kier alpha value is -5.57. The fraction of sp³-hybridized carbons (Fsp3) is 0.0938. The molecule has 0 saturated carbocycles. The van der Waals surface area contributed by atoms with Crippen molar-refractivity contribution in [1.82, 2.24) is 4.90 Å². The van der Waals surface area contributed by atoms with E-state index in [1.54, 1.807) is 35.3 Å². The Labute approximate surface area is 236 Å². The molecule has 1 unspecified atom stereocenters. The quantitative estimate of drug-likeness (QED) is 0.265. The first kappa shape index (κ1) is 25.7. The maximum absolute atomic E-state index is 14.9. The number of benzene rings is 4. The van der Waals surface area contributed by atoms with Crippen molar-refractivity contribution in [3.63, 3.8) is 0 Å². The molecule has 202 valence electrons. The molecule has 41 heavy (non-hydrogen) atoms. The van der Waals surface area contributed by atoms with Gasteiger partial charge in [0.05, 0.1) is 16.2 Å². The van der Waals surface area contributed by atoms with Crippen molar-refractivity contribution in [2.45, 2.75) is 18.6 Å². The van der Waals surface area contributed by atoms with Gasteiger partial charge < -0.3 is 5.73 Å². The number of para-hydroxylation sites is 1. The van der Waals surface area contributed by atoms with E-state index < -0.39 is 16.6 Å². The molecule has 1 amide bonds. The van der Waals surface area contributed by atoms with Crippen molar-refractivity contribution < 1.29 is 9.72 Å². The van der Waals surface area contributed by atoms with E-state index in [4.69, 9.17) is 5.73 Å². The molecule has 9 heteroatoms. The standard InChI is InChI=1S/C32H26N6O3/c1-22-16-19-26(20-17-22)36-29(39)32(24-11-4-2-5-12-24,25-13-6-3-7-14-25)37-28(34-30(33)35-31(36)37)21-18-23-10-8-9-15-27(23)38(40)41/h2-21,28H,1H3,(H2,33,34)/b21-18+. The zero-order valence-electron chi connectivity index (χ0n) is 22.2. The second kappa shape index (κ2) is 10.2. The van der Waals surface area contributed by atoms with E-state index in [9.17, 15) is 14.9 Å². The largest absolute Gasteiger partial charge is 0.368 e. The summed E-state index contributed by atoms with van der Waals surface area (Å²) in [6, 6.07) is 33.0. The van der Waals surface area contributed by atoms with Crippen molar-refractivity contribution in [2.24, 2.45) is 15.7 Å². The molecule has 2 heterocycles.